The van der Waals surface area contributed by atoms with Crippen LogP contribution in [0.1, 0.15) is 11.1 Å². The third-order valence-electron chi connectivity index (χ3n) is 4.76. The lowest BCUT2D eigenvalue weighted by atomic mass is 10.1. The fourth-order valence-corrected chi connectivity index (χ4v) is 3.22. The first kappa shape index (κ1) is 22.1. The van der Waals surface area contributed by atoms with Crippen molar-refractivity contribution in [2.45, 2.75) is 13.8 Å². The Balaban J connectivity index is 0.00000256. The summed E-state index contributed by atoms with van der Waals surface area (Å²) in [4.78, 5) is 15.9. The highest BCUT2D eigenvalue weighted by molar-refractivity contribution is 6.30. The van der Waals surface area contributed by atoms with E-state index < -0.39 is 0 Å². The van der Waals surface area contributed by atoms with Crippen molar-refractivity contribution >= 4 is 53.2 Å². The molecule has 2 N–H and O–H groups in total. The molecule has 0 saturated carbocycles. The highest BCUT2D eigenvalue weighted by Gasteiger charge is 2.17. The molecule has 1 aliphatic rings. The molecule has 1 aromatic heterocycles. The molecule has 1 fully saturated rings. The van der Waals surface area contributed by atoms with Crippen molar-refractivity contribution in [1.29, 1.82) is 0 Å². The van der Waals surface area contributed by atoms with Crippen molar-refractivity contribution in [2.75, 3.05) is 41.8 Å². The number of rotatable bonds is 5. The zero-order chi connectivity index (χ0) is 20.2. The van der Waals surface area contributed by atoms with Gasteiger partial charge in [-0.15, -0.1) is 12.4 Å². The molecule has 0 spiro atoms. The number of aryl methyl sites for hydroxylation is 2. The molecule has 0 unspecified atom stereocenters. The van der Waals surface area contributed by atoms with Gasteiger partial charge in [0.25, 0.3) is 0 Å². The van der Waals surface area contributed by atoms with E-state index >= 15 is 0 Å². The minimum atomic E-state index is 0. The SMILES string of the molecule is Cc1ccc(Nc2nc(Nc3cccc(Cl)c3)nc(N3CCOCC3)n2)cc1C.Cl. The van der Waals surface area contributed by atoms with Gasteiger partial charge in [-0.25, -0.2) is 0 Å². The Bertz CT molecular complexity index is 1010. The molecule has 0 atom stereocenters. The molecule has 0 radical (unpaired) electrons. The summed E-state index contributed by atoms with van der Waals surface area (Å²) in [7, 11) is 0. The maximum atomic E-state index is 6.10. The summed E-state index contributed by atoms with van der Waals surface area (Å²) in [6, 6.07) is 13.6. The van der Waals surface area contributed by atoms with Crippen molar-refractivity contribution in [3.63, 3.8) is 0 Å². The molecule has 9 heteroatoms. The van der Waals surface area contributed by atoms with Gasteiger partial charge in [0.1, 0.15) is 0 Å². The van der Waals surface area contributed by atoms with Crippen LogP contribution in [0, 0.1) is 13.8 Å². The second-order valence-electron chi connectivity index (χ2n) is 6.94. The minimum absolute atomic E-state index is 0. The summed E-state index contributed by atoms with van der Waals surface area (Å²) in [5.41, 5.74) is 4.19. The zero-order valence-corrected chi connectivity index (χ0v) is 18.4. The van der Waals surface area contributed by atoms with Crippen molar-refractivity contribution in [3.8, 4) is 0 Å². The summed E-state index contributed by atoms with van der Waals surface area (Å²) in [5, 5.41) is 7.17. The average Bonchev–Trinajstić information content (AvgIpc) is 2.71. The maximum absolute atomic E-state index is 6.10. The standard InChI is InChI=1S/C21H23ClN6O.ClH/c1-14-6-7-18(12-15(14)2)24-20-25-19(23-17-5-3-4-16(22)13-17)26-21(27-20)28-8-10-29-11-9-28;/h3-7,12-13H,8-11H2,1-2H3,(H2,23,24,25,26,27);1H. The lowest BCUT2D eigenvalue weighted by molar-refractivity contribution is 0.122. The highest BCUT2D eigenvalue weighted by Crippen LogP contribution is 2.23. The highest BCUT2D eigenvalue weighted by atomic mass is 35.5. The Kier molecular flexibility index (Phi) is 7.31. The van der Waals surface area contributed by atoms with E-state index in [0.29, 0.717) is 36.1 Å². The summed E-state index contributed by atoms with van der Waals surface area (Å²) < 4.78 is 5.45. The minimum Gasteiger partial charge on any atom is -0.378 e. The van der Waals surface area contributed by atoms with Gasteiger partial charge in [0.05, 0.1) is 13.2 Å². The van der Waals surface area contributed by atoms with E-state index in [9.17, 15) is 0 Å². The van der Waals surface area contributed by atoms with Crippen LogP contribution in [0.2, 0.25) is 5.02 Å². The molecule has 1 aliphatic heterocycles. The number of aromatic nitrogens is 3. The van der Waals surface area contributed by atoms with E-state index in [2.05, 4.69) is 56.5 Å². The van der Waals surface area contributed by atoms with Gasteiger partial charge in [0, 0.05) is 29.5 Å². The summed E-state index contributed by atoms with van der Waals surface area (Å²) >= 11 is 6.10. The Morgan fingerprint density at radius 1 is 0.867 bits per heavy atom. The number of nitrogens with zero attached hydrogens (tertiary/aromatic N) is 4. The van der Waals surface area contributed by atoms with Gasteiger partial charge in [-0.3, -0.25) is 0 Å². The van der Waals surface area contributed by atoms with Crippen LogP contribution in [-0.4, -0.2) is 41.3 Å². The maximum Gasteiger partial charge on any atom is 0.233 e. The molecule has 0 amide bonds. The number of halogens is 2. The normalized spacial score (nSPS) is 13.5. The number of anilines is 5. The summed E-state index contributed by atoms with van der Waals surface area (Å²) in [6.45, 7) is 6.96. The molecule has 1 saturated heterocycles. The van der Waals surface area contributed by atoms with Gasteiger partial charge >= 0.3 is 0 Å². The van der Waals surface area contributed by atoms with Gasteiger partial charge in [-0.05, 0) is 55.3 Å². The van der Waals surface area contributed by atoms with Crippen LogP contribution in [0.15, 0.2) is 42.5 Å². The van der Waals surface area contributed by atoms with Crippen LogP contribution in [0.4, 0.5) is 29.2 Å². The van der Waals surface area contributed by atoms with E-state index in [1.807, 2.05) is 30.3 Å². The lowest BCUT2D eigenvalue weighted by Gasteiger charge is -2.27. The van der Waals surface area contributed by atoms with Gasteiger partial charge in [0.15, 0.2) is 0 Å². The van der Waals surface area contributed by atoms with Crippen LogP contribution in [0.3, 0.4) is 0 Å². The van der Waals surface area contributed by atoms with Crippen LogP contribution in [0.25, 0.3) is 0 Å². The molecular weight excluding hydrogens is 423 g/mol. The molecule has 0 bridgehead atoms. The zero-order valence-electron chi connectivity index (χ0n) is 16.9. The van der Waals surface area contributed by atoms with Crippen LogP contribution in [-0.2, 0) is 4.74 Å². The first-order chi connectivity index (χ1) is 14.1. The summed E-state index contributed by atoms with van der Waals surface area (Å²) in [5.74, 6) is 1.54. The average molecular weight is 447 g/mol. The van der Waals surface area contributed by atoms with Crippen molar-refractivity contribution in [1.82, 2.24) is 15.0 Å². The number of nitrogens with one attached hydrogen (secondary N) is 2. The van der Waals surface area contributed by atoms with Gasteiger partial charge < -0.3 is 20.3 Å². The molecular formula is C21H24Cl2N6O. The molecule has 30 heavy (non-hydrogen) atoms. The fraction of sp³-hybridized carbons (Fsp3) is 0.286. The molecule has 0 aliphatic carbocycles. The predicted octanol–water partition coefficient (Wildman–Crippen LogP) is 4.89. The van der Waals surface area contributed by atoms with E-state index in [1.54, 1.807) is 0 Å². The molecule has 4 rings (SSSR count). The molecule has 7 nitrogen and oxygen atoms in total. The molecule has 2 heterocycles. The van der Waals surface area contributed by atoms with E-state index in [-0.39, 0.29) is 12.4 Å². The molecule has 2 aromatic carbocycles. The molecule has 3 aromatic rings. The predicted molar refractivity (Wildman–Crippen MR) is 124 cm³/mol. The number of ether oxygens (including phenoxy) is 1. The van der Waals surface area contributed by atoms with E-state index in [0.717, 1.165) is 24.5 Å². The second-order valence-corrected chi connectivity index (χ2v) is 7.38. The summed E-state index contributed by atoms with van der Waals surface area (Å²) in [6.07, 6.45) is 0. The number of benzene rings is 2. The Morgan fingerprint density at radius 2 is 1.53 bits per heavy atom. The van der Waals surface area contributed by atoms with Crippen molar-refractivity contribution in [3.05, 3.63) is 58.6 Å². The first-order valence-electron chi connectivity index (χ1n) is 9.52. The van der Waals surface area contributed by atoms with Gasteiger partial charge in [-0.1, -0.05) is 23.7 Å². The van der Waals surface area contributed by atoms with Crippen molar-refractivity contribution in [2.24, 2.45) is 0 Å². The monoisotopic (exact) mass is 446 g/mol. The third-order valence-corrected chi connectivity index (χ3v) is 5.00. The lowest BCUT2D eigenvalue weighted by Crippen LogP contribution is -2.37. The second kappa shape index (κ2) is 9.93. The largest absolute Gasteiger partial charge is 0.378 e. The fourth-order valence-electron chi connectivity index (χ4n) is 3.02. The van der Waals surface area contributed by atoms with Crippen LogP contribution >= 0.6 is 24.0 Å². The third kappa shape index (κ3) is 5.50. The Hall–Kier alpha value is -2.61. The quantitative estimate of drug-likeness (QED) is 0.577. The van der Waals surface area contributed by atoms with Crippen LogP contribution < -0.4 is 15.5 Å². The Labute approximate surface area is 187 Å². The van der Waals surface area contributed by atoms with Gasteiger partial charge in [0.2, 0.25) is 17.8 Å². The Morgan fingerprint density at radius 3 is 2.17 bits per heavy atom. The smallest absolute Gasteiger partial charge is 0.233 e. The number of hydrogen-bond donors (Lipinski definition) is 2. The topological polar surface area (TPSA) is 75.2 Å². The van der Waals surface area contributed by atoms with E-state index in [4.69, 9.17) is 16.3 Å². The van der Waals surface area contributed by atoms with E-state index in [1.165, 1.54) is 11.1 Å². The number of hydrogen-bond acceptors (Lipinski definition) is 7. The van der Waals surface area contributed by atoms with Gasteiger partial charge in [-0.2, -0.15) is 15.0 Å². The first-order valence-corrected chi connectivity index (χ1v) is 9.90. The van der Waals surface area contributed by atoms with Crippen molar-refractivity contribution < 1.29 is 4.74 Å². The molecule has 158 valence electrons. The number of morpholine rings is 1. The van der Waals surface area contributed by atoms with Crippen LogP contribution in [0.5, 0.6) is 0 Å².